The van der Waals surface area contributed by atoms with Crippen LogP contribution in [0, 0.1) is 23.2 Å². The average Bonchev–Trinajstić information content (AvgIpc) is 2.62. The third kappa shape index (κ3) is 6.11. The fourth-order valence-corrected chi connectivity index (χ4v) is 6.53. The summed E-state index contributed by atoms with van der Waals surface area (Å²) < 4.78 is 0. The maximum Gasteiger partial charge on any atom is 0.211 e. The average molecular weight is 411 g/mol. The Labute approximate surface area is 178 Å². The number of hydrogen-bond donors (Lipinski definition) is 2. The number of nitrogens with zero attached hydrogens (tertiary/aromatic N) is 2. The summed E-state index contributed by atoms with van der Waals surface area (Å²) in [5.41, 5.74) is 12.8. The highest BCUT2D eigenvalue weighted by atomic mass is 35.5. The lowest BCUT2D eigenvalue weighted by molar-refractivity contribution is 0.0399. The van der Waals surface area contributed by atoms with Crippen LogP contribution in [0.1, 0.15) is 110 Å². The Kier molecular flexibility index (Phi) is 9.59. The number of guanidine groups is 1. The maximum atomic E-state index is 5.57. The molecule has 0 aromatic carbocycles. The summed E-state index contributed by atoms with van der Waals surface area (Å²) in [6.07, 6.45) is 22.2. The Morgan fingerprint density at radius 1 is 0.857 bits per heavy atom. The molecule has 0 radical (unpaired) electrons. The summed E-state index contributed by atoms with van der Waals surface area (Å²) in [5, 5.41) is 8.69. The molecule has 2 unspecified atom stereocenters. The molecule has 4 rings (SSSR count). The highest BCUT2D eigenvalue weighted by Gasteiger charge is 2.54. The van der Waals surface area contributed by atoms with Crippen LogP contribution in [0.15, 0.2) is 10.2 Å². The standard InChI is InChI=1S/C23H42N4.ClH/c1-2-3-4-5-6-7-8-9-10-11-12-23-16-18-13-19(17-23)15-20(14-18)21(23)26-27-22(24)25;/h18-20H,2-17H2,1H3,(H4,24,25,27);1H/b26-21+;/t18-,19+,20?,23?;. The molecule has 4 bridgehead atoms. The van der Waals surface area contributed by atoms with Crippen LogP contribution >= 0.6 is 12.4 Å². The first-order valence-corrected chi connectivity index (χ1v) is 11.8. The van der Waals surface area contributed by atoms with Gasteiger partial charge in [-0.25, -0.2) is 0 Å². The van der Waals surface area contributed by atoms with Crippen LogP contribution in [-0.4, -0.2) is 11.7 Å². The van der Waals surface area contributed by atoms with Crippen molar-refractivity contribution in [1.29, 1.82) is 0 Å². The van der Waals surface area contributed by atoms with Crippen LogP contribution in [0.2, 0.25) is 0 Å². The van der Waals surface area contributed by atoms with Crippen LogP contribution < -0.4 is 11.5 Å². The molecule has 4 nitrogen and oxygen atoms in total. The molecule has 0 aliphatic heterocycles. The summed E-state index contributed by atoms with van der Waals surface area (Å²) in [7, 11) is 0. The van der Waals surface area contributed by atoms with Gasteiger partial charge in [0.2, 0.25) is 5.96 Å². The number of hydrogen-bond acceptors (Lipinski definition) is 2. The second kappa shape index (κ2) is 11.4. The predicted octanol–water partition coefficient (Wildman–Crippen LogP) is 6.17. The van der Waals surface area contributed by atoms with Gasteiger partial charge >= 0.3 is 0 Å². The van der Waals surface area contributed by atoms with E-state index in [9.17, 15) is 0 Å². The van der Waals surface area contributed by atoms with Gasteiger partial charge in [0, 0.05) is 17.0 Å². The molecule has 0 aromatic rings. The van der Waals surface area contributed by atoms with Crippen molar-refractivity contribution in [2.45, 2.75) is 110 Å². The molecule has 4 aliphatic rings. The van der Waals surface area contributed by atoms with Gasteiger partial charge in [-0.2, -0.15) is 5.10 Å². The van der Waals surface area contributed by atoms with Crippen molar-refractivity contribution in [1.82, 2.24) is 0 Å². The van der Waals surface area contributed by atoms with E-state index in [0.29, 0.717) is 11.3 Å². The molecule has 28 heavy (non-hydrogen) atoms. The van der Waals surface area contributed by atoms with Crippen molar-refractivity contribution in [3.8, 4) is 0 Å². The monoisotopic (exact) mass is 410 g/mol. The Bertz CT molecular complexity index is 513. The molecule has 162 valence electrons. The zero-order valence-electron chi connectivity index (χ0n) is 18.0. The summed E-state index contributed by atoms with van der Waals surface area (Å²) >= 11 is 0. The van der Waals surface area contributed by atoms with Gasteiger partial charge in [-0.15, -0.1) is 17.5 Å². The Hall–Kier alpha value is -0.770. The van der Waals surface area contributed by atoms with Crippen molar-refractivity contribution in [3.63, 3.8) is 0 Å². The van der Waals surface area contributed by atoms with Gasteiger partial charge in [0.15, 0.2) is 0 Å². The van der Waals surface area contributed by atoms with Crippen molar-refractivity contribution in [2.24, 2.45) is 44.8 Å². The van der Waals surface area contributed by atoms with E-state index < -0.39 is 0 Å². The molecule has 4 atom stereocenters. The van der Waals surface area contributed by atoms with Crippen molar-refractivity contribution >= 4 is 24.1 Å². The van der Waals surface area contributed by atoms with Crippen molar-refractivity contribution in [3.05, 3.63) is 0 Å². The minimum Gasteiger partial charge on any atom is -0.369 e. The second-order valence-corrected chi connectivity index (χ2v) is 9.77. The molecule has 0 saturated heterocycles. The van der Waals surface area contributed by atoms with Crippen LogP contribution in [-0.2, 0) is 0 Å². The summed E-state index contributed by atoms with van der Waals surface area (Å²) in [5.74, 6) is 2.63. The smallest absolute Gasteiger partial charge is 0.211 e. The molecule has 4 saturated carbocycles. The van der Waals surface area contributed by atoms with Crippen LogP contribution in [0.5, 0.6) is 0 Å². The molecule has 0 heterocycles. The Morgan fingerprint density at radius 3 is 1.93 bits per heavy atom. The molecule has 4 N–H and O–H groups in total. The van der Waals surface area contributed by atoms with E-state index in [1.165, 1.54) is 108 Å². The van der Waals surface area contributed by atoms with E-state index >= 15 is 0 Å². The SMILES string of the molecule is CCCCCCCCCCCCC12C[C@@H]3CC(C[C@@H](C3)C1)/C2=N\N=C(N)N.Cl. The first-order valence-electron chi connectivity index (χ1n) is 11.8. The third-order valence-electron chi connectivity index (χ3n) is 7.47. The van der Waals surface area contributed by atoms with Gasteiger partial charge in [-0.1, -0.05) is 71.1 Å². The predicted molar refractivity (Wildman–Crippen MR) is 123 cm³/mol. The minimum absolute atomic E-state index is 0. The fourth-order valence-electron chi connectivity index (χ4n) is 6.53. The fraction of sp³-hybridized carbons (Fsp3) is 0.913. The first-order chi connectivity index (χ1) is 13.1. The van der Waals surface area contributed by atoms with Crippen LogP contribution in [0.4, 0.5) is 0 Å². The van der Waals surface area contributed by atoms with Crippen molar-refractivity contribution in [2.75, 3.05) is 0 Å². The van der Waals surface area contributed by atoms with E-state index in [1.807, 2.05) is 0 Å². The van der Waals surface area contributed by atoms with Gasteiger partial charge in [0.25, 0.3) is 0 Å². The lowest BCUT2D eigenvalue weighted by atomic mass is 9.47. The highest BCUT2D eigenvalue weighted by Crippen LogP contribution is 2.60. The number of rotatable bonds is 12. The van der Waals surface area contributed by atoms with E-state index in [0.717, 1.165) is 11.8 Å². The van der Waals surface area contributed by atoms with E-state index in [4.69, 9.17) is 11.5 Å². The molecule has 0 aromatic heterocycles. The molecule has 4 fully saturated rings. The zero-order chi connectivity index (χ0) is 19.1. The molecular weight excluding hydrogens is 368 g/mol. The zero-order valence-corrected chi connectivity index (χ0v) is 18.8. The van der Waals surface area contributed by atoms with Crippen LogP contribution in [0.25, 0.3) is 0 Å². The van der Waals surface area contributed by atoms with Gasteiger partial charge in [0.1, 0.15) is 0 Å². The topological polar surface area (TPSA) is 76.8 Å². The molecular formula is C23H43ClN4. The second-order valence-electron chi connectivity index (χ2n) is 9.77. The van der Waals surface area contributed by atoms with E-state index in [2.05, 4.69) is 17.1 Å². The van der Waals surface area contributed by atoms with E-state index in [1.54, 1.807) is 0 Å². The number of unbranched alkanes of at least 4 members (excludes halogenated alkanes) is 9. The maximum absolute atomic E-state index is 5.57. The van der Waals surface area contributed by atoms with Crippen molar-refractivity contribution < 1.29 is 0 Å². The lowest BCUT2D eigenvalue weighted by Crippen LogP contribution is -2.53. The molecule has 5 heteroatoms. The number of nitrogens with two attached hydrogens (primary N) is 2. The summed E-state index contributed by atoms with van der Waals surface area (Å²) in [4.78, 5) is 0. The Balaban J connectivity index is 0.00000280. The Morgan fingerprint density at radius 2 is 1.39 bits per heavy atom. The quantitative estimate of drug-likeness (QED) is 0.174. The first kappa shape index (κ1) is 23.5. The minimum atomic E-state index is 0. The number of halogens is 1. The normalized spacial score (nSPS) is 31.8. The molecule has 0 amide bonds. The molecule has 0 spiro atoms. The van der Waals surface area contributed by atoms with Crippen LogP contribution in [0.3, 0.4) is 0 Å². The molecule has 4 aliphatic carbocycles. The van der Waals surface area contributed by atoms with Gasteiger partial charge in [-0.05, 0) is 50.4 Å². The van der Waals surface area contributed by atoms with Gasteiger partial charge in [0.05, 0.1) is 0 Å². The highest BCUT2D eigenvalue weighted by molar-refractivity contribution is 5.94. The summed E-state index contributed by atoms with van der Waals surface area (Å²) in [6.45, 7) is 2.29. The van der Waals surface area contributed by atoms with Gasteiger partial charge in [-0.3, -0.25) is 0 Å². The van der Waals surface area contributed by atoms with Gasteiger partial charge < -0.3 is 11.5 Å². The van der Waals surface area contributed by atoms with E-state index in [-0.39, 0.29) is 18.4 Å². The lowest BCUT2D eigenvalue weighted by Gasteiger charge is -2.57. The third-order valence-corrected chi connectivity index (χ3v) is 7.47. The summed E-state index contributed by atoms with van der Waals surface area (Å²) in [6, 6.07) is 0. The largest absolute Gasteiger partial charge is 0.369 e.